The monoisotopic (exact) mass is 521 g/mol. The molecular weight excluding hydrogens is 494 g/mol. The van der Waals surface area contributed by atoms with Gasteiger partial charge in [-0.3, -0.25) is 9.59 Å². The molecule has 176 valence electrons. The molecule has 0 spiro atoms. The quantitative estimate of drug-likeness (QED) is 0.493. The second-order valence-corrected chi connectivity index (χ2v) is 9.25. The Morgan fingerprint density at radius 1 is 0.941 bits per heavy atom. The Hall–Kier alpha value is -3.32. The van der Waals surface area contributed by atoms with Crippen molar-refractivity contribution >= 4 is 39.1 Å². The lowest BCUT2D eigenvalue weighted by Crippen LogP contribution is -2.49. The molecule has 3 aromatic carbocycles. The van der Waals surface area contributed by atoms with E-state index < -0.39 is 0 Å². The number of carbonyl (C=O) groups is 2. The standard InChI is InChI=1S/C27H28BrN3O3/c1-19-16-20(2)26(22(28)17-19)34-18-25(32)29-23-10-6-7-11-24(23)30-12-14-31(15-13-30)27(33)21-8-4-3-5-9-21/h3-11,16-17H,12-15,18H2,1-2H3,(H,29,32). The van der Waals surface area contributed by atoms with Crippen LogP contribution in [0.25, 0.3) is 0 Å². The van der Waals surface area contributed by atoms with Crippen molar-refractivity contribution in [2.75, 3.05) is 43.0 Å². The number of halogens is 1. The Balaban J connectivity index is 1.37. The van der Waals surface area contributed by atoms with E-state index in [-0.39, 0.29) is 18.4 Å². The minimum Gasteiger partial charge on any atom is -0.482 e. The fraction of sp³-hybridized carbons (Fsp3) is 0.259. The molecular formula is C27H28BrN3O3. The summed E-state index contributed by atoms with van der Waals surface area (Å²) in [5.41, 5.74) is 4.48. The van der Waals surface area contributed by atoms with Crippen LogP contribution in [0.15, 0.2) is 71.2 Å². The molecule has 0 atom stereocenters. The molecule has 7 heteroatoms. The van der Waals surface area contributed by atoms with Crippen molar-refractivity contribution in [3.63, 3.8) is 0 Å². The van der Waals surface area contributed by atoms with Gasteiger partial charge >= 0.3 is 0 Å². The minimum absolute atomic E-state index is 0.0524. The normalized spacial score (nSPS) is 13.5. The number of nitrogens with one attached hydrogen (secondary N) is 1. The molecule has 1 heterocycles. The van der Waals surface area contributed by atoms with Crippen LogP contribution in [0.5, 0.6) is 5.75 Å². The van der Waals surface area contributed by atoms with Crippen LogP contribution in [0.4, 0.5) is 11.4 Å². The van der Waals surface area contributed by atoms with Crippen LogP contribution in [0.3, 0.4) is 0 Å². The summed E-state index contributed by atoms with van der Waals surface area (Å²) in [7, 11) is 0. The first-order chi connectivity index (χ1) is 16.4. The molecule has 1 N–H and O–H groups in total. The van der Waals surface area contributed by atoms with E-state index in [1.807, 2.05) is 85.5 Å². The Labute approximate surface area is 208 Å². The second kappa shape index (κ2) is 10.7. The van der Waals surface area contributed by atoms with Gasteiger partial charge in [-0.2, -0.15) is 0 Å². The Morgan fingerprint density at radius 3 is 2.32 bits per heavy atom. The number of para-hydroxylation sites is 2. The summed E-state index contributed by atoms with van der Waals surface area (Å²) in [6.07, 6.45) is 0. The van der Waals surface area contributed by atoms with Gasteiger partial charge in [-0.25, -0.2) is 0 Å². The molecule has 2 amide bonds. The number of hydrogen-bond donors (Lipinski definition) is 1. The van der Waals surface area contributed by atoms with Gasteiger partial charge in [0.1, 0.15) is 5.75 Å². The number of ether oxygens (including phenoxy) is 1. The lowest BCUT2D eigenvalue weighted by molar-refractivity contribution is -0.118. The van der Waals surface area contributed by atoms with Crippen molar-refractivity contribution in [2.24, 2.45) is 0 Å². The first-order valence-electron chi connectivity index (χ1n) is 11.3. The summed E-state index contributed by atoms with van der Waals surface area (Å²) in [6.45, 7) is 6.52. The van der Waals surface area contributed by atoms with Crippen molar-refractivity contribution < 1.29 is 14.3 Å². The summed E-state index contributed by atoms with van der Waals surface area (Å²) in [5, 5.41) is 2.99. The highest BCUT2D eigenvalue weighted by Gasteiger charge is 2.23. The highest BCUT2D eigenvalue weighted by Crippen LogP contribution is 2.31. The van der Waals surface area contributed by atoms with Gasteiger partial charge in [0, 0.05) is 31.7 Å². The molecule has 0 bridgehead atoms. The number of nitrogens with zero attached hydrogens (tertiary/aromatic N) is 2. The van der Waals surface area contributed by atoms with Gasteiger partial charge in [-0.15, -0.1) is 0 Å². The van der Waals surface area contributed by atoms with E-state index in [1.165, 1.54) is 0 Å². The number of rotatable bonds is 6. The van der Waals surface area contributed by atoms with Crippen molar-refractivity contribution in [1.29, 1.82) is 0 Å². The minimum atomic E-state index is -0.225. The zero-order valence-electron chi connectivity index (χ0n) is 19.4. The molecule has 6 nitrogen and oxygen atoms in total. The summed E-state index contributed by atoms with van der Waals surface area (Å²) >= 11 is 3.52. The maximum absolute atomic E-state index is 12.7. The van der Waals surface area contributed by atoms with Gasteiger partial charge in [-0.1, -0.05) is 36.4 Å². The number of benzene rings is 3. The van der Waals surface area contributed by atoms with Crippen molar-refractivity contribution in [3.05, 3.63) is 87.9 Å². The van der Waals surface area contributed by atoms with Gasteiger partial charge in [0.25, 0.3) is 11.8 Å². The molecule has 34 heavy (non-hydrogen) atoms. The van der Waals surface area contributed by atoms with Crippen molar-refractivity contribution in [2.45, 2.75) is 13.8 Å². The smallest absolute Gasteiger partial charge is 0.262 e. The molecule has 0 unspecified atom stereocenters. The first kappa shape index (κ1) is 23.8. The third-order valence-electron chi connectivity index (χ3n) is 5.83. The topological polar surface area (TPSA) is 61.9 Å². The maximum Gasteiger partial charge on any atom is 0.262 e. The molecule has 0 aliphatic carbocycles. The number of piperazine rings is 1. The van der Waals surface area contributed by atoms with Gasteiger partial charge < -0.3 is 19.9 Å². The fourth-order valence-electron chi connectivity index (χ4n) is 4.18. The number of aryl methyl sites for hydroxylation is 2. The average molecular weight is 522 g/mol. The van der Waals surface area contributed by atoms with Gasteiger partial charge in [0.2, 0.25) is 0 Å². The van der Waals surface area contributed by atoms with Gasteiger partial charge in [0.05, 0.1) is 15.8 Å². The molecule has 0 radical (unpaired) electrons. The maximum atomic E-state index is 12.7. The Bertz CT molecular complexity index is 1150. The summed E-state index contributed by atoms with van der Waals surface area (Å²) < 4.78 is 6.64. The van der Waals surface area contributed by atoms with Crippen LogP contribution >= 0.6 is 15.9 Å². The van der Waals surface area contributed by atoms with Gasteiger partial charge in [-0.05, 0) is 71.2 Å². The SMILES string of the molecule is Cc1cc(C)c(OCC(=O)Nc2ccccc2N2CCN(C(=O)c3ccccc3)CC2)c(Br)c1. The predicted molar refractivity (Wildman–Crippen MR) is 139 cm³/mol. The average Bonchev–Trinajstić information content (AvgIpc) is 2.84. The largest absolute Gasteiger partial charge is 0.482 e. The zero-order chi connectivity index (χ0) is 24.1. The van der Waals surface area contributed by atoms with E-state index in [0.717, 1.165) is 27.0 Å². The van der Waals surface area contributed by atoms with E-state index in [4.69, 9.17) is 4.74 Å². The predicted octanol–water partition coefficient (Wildman–Crippen LogP) is 5.05. The van der Waals surface area contributed by atoms with E-state index in [0.29, 0.717) is 37.5 Å². The van der Waals surface area contributed by atoms with E-state index in [9.17, 15) is 9.59 Å². The van der Waals surface area contributed by atoms with Crippen LogP contribution in [-0.2, 0) is 4.79 Å². The second-order valence-electron chi connectivity index (χ2n) is 8.39. The van der Waals surface area contributed by atoms with Crippen molar-refractivity contribution in [1.82, 2.24) is 4.90 Å². The highest BCUT2D eigenvalue weighted by atomic mass is 79.9. The highest BCUT2D eigenvalue weighted by molar-refractivity contribution is 9.10. The number of anilines is 2. The van der Waals surface area contributed by atoms with Crippen molar-refractivity contribution in [3.8, 4) is 5.75 Å². The molecule has 1 saturated heterocycles. The molecule has 0 aromatic heterocycles. The van der Waals surface area contributed by atoms with Crippen LogP contribution < -0.4 is 15.0 Å². The summed E-state index contributed by atoms with van der Waals surface area (Å²) in [4.78, 5) is 29.5. The van der Waals surface area contributed by atoms with Gasteiger partial charge in [0.15, 0.2) is 6.61 Å². The van der Waals surface area contributed by atoms with Crippen LogP contribution in [-0.4, -0.2) is 49.5 Å². The number of carbonyl (C=O) groups excluding carboxylic acids is 2. The molecule has 1 aliphatic rings. The van der Waals surface area contributed by atoms with Crippen LogP contribution in [0, 0.1) is 13.8 Å². The molecule has 4 rings (SSSR count). The van der Waals surface area contributed by atoms with Crippen LogP contribution in [0.2, 0.25) is 0 Å². The Kier molecular flexibility index (Phi) is 7.53. The number of hydrogen-bond acceptors (Lipinski definition) is 4. The summed E-state index contributed by atoms with van der Waals surface area (Å²) in [5.74, 6) is 0.502. The molecule has 0 saturated carbocycles. The Morgan fingerprint density at radius 2 is 1.62 bits per heavy atom. The fourth-order valence-corrected chi connectivity index (χ4v) is 4.97. The molecule has 1 aliphatic heterocycles. The lowest BCUT2D eigenvalue weighted by atomic mass is 10.1. The molecule has 3 aromatic rings. The first-order valence-corrected chi connectivity index (χ1v) is 12.1. The molecule has 1 fully saturated rings. The van der Waals surface area contributed by atoms with E-state index in [1.54, 1.807) is 0 Å². The number of amides is 2. The lowest BCUT2D eigenvalue weighted by Gasteiger charge is -2.37. The third kappa shape index (κ3) is 5.59. The van der Waals surface area contributed by atoms with E-state index in [2.05, 4.69) is 26.1 Å². The van der Waals surface area contributed by atoms with Crippen LogP contribution in [0.1, 0.15) is 21.5 Å². The third-order valence-corrected chi connectivity index (χ3v) is 6.42. The summed E-state index contributed by atoms with van der Waals surface area (Å²) in [6, 6.07) is 21.1. The zero-order valence-corrected chi connectivity index (χ0v) is 21.0. The van der Waals surface area contributed by atoms with E-state index >= 15 is 0 Å².